The first kappa shape index (κ1) is 13.4. The largest absolute Gasteiger partial charge is 0.493 e. The van der Waals surface area contributed by atoms with Gasteiger partial charge in [-0.2, -0.15) is 0 Å². The second-order valence-electron chi connectivity index (χ2n) is 3.45. The molecule has 0 saturated carbocycles. The van der Waals surface area contributed by atoms with Gasteiger partial charge in [-0.1, -0.05) is 6.08 Å². The first-order valence-corrected chi connectivity index (χ1v) is 5.37. The van der Waals surface area contributed by atoms with Crippen LogP contribution >= 0.6 is 0 Å². The Bertz CT molecular complexity index is 352. The third kappa shape index (κ3) is 3.39. The van der Waals surface area contributed by atoms with E-state index >= 15 is 0 Å². The van der Waals surface area contributed by atoms with Crippen LogP contribution in [0.3, 0.4) is 0 Å². The van der Waals surface area contributed by atoms with E-state index in [1.165, 1.54) is 0 Å². The smallest absolute Gasteiger partial charge is 0.203 e. The molecule has 4 nitrogen and oxygen atoms in total. The van der Waals surface area contributed by atoms with Gasteiger partial charge < -0.3 is 19.5 Å². The molecule has 0 bridgehead atoms. The van der Waals surface area contributed by atoms with Crippen molar-refractivity contribution in [2.45, 2.75) is 6.54 Å². The molecule has 0 saturated heterocycles. The summed E-state index contributed by atoms with van der Waals surface area (Å²) in [6, 6.07) is 3.86. The van der Waals surface area contributed by atoms with Crippen LogP contribution in [0.15, 0.2) is 24.8 Å². The third-order valence-corrected chi connectivity index (χ3v) is 2.34. The summed E-state index contributed by atoms with van der Waals surface area (Å²) in [5, 5.41) is 3.22. The fourth-order valence-electron chi connectivity index (χ4n) is 1.56. The fraction of sp³-hybridized carbons (Fsp3) is 0.385. The van der Waals surface area contributed by atoms with Crippen molar-refractivity contribution >= 4 is 0 Å². The van der Waals surface area contributed by atoms with Gasteiger partial charge >= 0.3 is 0 Å². The maximum Gasteiger partial charge on any atom is 0.203 e. The molecule has 0 radical (unpaired) electrons. The van der Waals surface area contributed by atoms with E-state index in [4.69, 9.17) is 14.2 Å². The molecule has 0 aliphatic heterocycles. The summed E-state index contributed by atoms with van der Waals surface area (Å²) in [5.74, 6) is 1.95. The van der Waals surface area contributed by atoms with Gasteiger partial charge in [0.2, 0.25) is 5.75 Å². The molecule has 94 valence electrons. The van der Waals surface area contributed by atoms with Crippen LogP contribution in [0.4, 0.5) is 0 Å². The average molecular weight is 237 g/mol. The zero-order chi connectivity index (χ0) is 12.7. The van der Waals surface area contributed by atoms with Crippen LogP contribution in [0.1, 0.15) is 5.56 Å². The maximum absolute atomic E-state index is 5.27. The molecule has 17 heavy (non-hydrogen) atoms. The quantitative estimate of drug-likeness (QED) is 0.581. The fourth-order valence-corrected chi connectivity index (χ4v) is 1.56. The molecular weight excluding hydrogens is 218 g/mol. The van der Waals surface area contributed by atoms with Crippen LogP contribution in [0.2, 0.25) is 0 Å². The van der Waals surface area contributed by atoms with Gasteiger partial charge in [-0.15, -0.1) is 6.58 Å². The van der Waals surface area contributed by atoms with Gasteiger partial charge in [0.15, 0.2) is 11.5 Å². The molecule has 1 aromatic carbocycles. The van der Waals surface area contributed by atoms with Crippen molar-refractivity contribution in [3.8, 4) is 17.2 Å². The van der Waals surface area contributed by atoms with Gasteiger partial charge in [0.25, 0.3) is 0 Å². The van der Waals surface area contributed by atoms with Crippen molar-refractivity contribution < 1.29 is 14.2 Å². The van der Waals surface area contributed by atoms with Crippen molar-refractivity contribution in [2.75, 3.05) is 27.9 Å². The minimum atomic E-state index is 0.613. The topological polar surface area (TPSA) is 39.7 Å². The Morgan fingerprint density at radius 1 is 1.12 bits per heavy atom. The van der Waals surface area contributed by atoms with Crippen LogP contribution in [0, 0.1) is 0 Å². The second kappa shape index (κ2) is 6.81. The molecule has 0 aliphatic rings. The van der Waals surface area contributed by atoms with Gasteiger partial charge in [0, 0.05) is 13.1 Å². The lowest BCUT2D eigenvalue weighted by atomic mass is 10.2. The van der Waals surface area contributed by atoms with Crippen LogP contribution < -0.4 is 19.5 Å². The van der Waals surface area contributed by atoms with E-state index < -0.39 is 0 Å². The molecule has 0 unspecified atom stereocenters. The van der Waals surface area contributed by atoms with Crippen molar-refractivity contribution in [1.82, 2.24) is 5.32 Å². The lowest BCUT2D eigenvalue weighted by Gasteiger charge is -2.14. The van der Waals surface area contributed by atoms with Crippen LogP contribution in [0.25, 0.3) is 0 Å². The molecule has 1 rings (SSSR count). The number of rotatable bonds is 7. The molecule has 0 fully saturated rings. The Morgan fingerprint density at radius 2 is 1.71 bits per heavy atom. The van der Waals surface area contributed by atoms with E-state index in [0.29, 0.717) is 17.2 Å². The summed E-state index contributed by atoms with van der Waals surface area (Å²) in [6.45, 7) is 5.14. The number of nitrogens with one attached hydrogen (secondary N) is 1. The maximum atomic E-state index is 5.27. The van der Waals surface area contributed by atoms with Crippen molar-refractivity contribution in [3.05, 3.63) is 30.4 Å². The van der Waals surface area contributed by atoms with Crippen molar-refractivity contribution in [2.24, 2.45) is 0 Å². The highest BCUT2D eigenvalue weighted by Gasteiger charge is 2.12. The predicted octanol–water partition coefficient (Wildman–Crippen LogP) is 1.99. The van der Waals surface area contributed by atoms with Gasteiger partial charge in [0.05, 0.1) is 21.3 Å². The molecule has 0 spiro atoms. The van der Waals surface area contributed by atoms with Gasteiger partial charge in [-0.3, -0.25) is 0 Å². The predicted molar refractivity (Wildman–Crippen MR) is 68.0 cm³/mol. The second-order valence-corrected chi connectivity index (χ2v) is 3.45. The van der Waals surface area contributed by atoms with Gasteiger partial charge in [-0.25, -0.2) is 0 Å². The minimum absolute atomic E-state index is 0.613. The lowest BCUT2D eigenvalue weighted by molar-refractivity contribution is 0.323. The molecule has 0 aliphatic carbocycles. The minimum Gasteiger partial charge on any atom is -0.493 e. The normalized spacial score (nSPS) is 9.82. The van der Waals surface area contributed by atoms with Crippen LogP contribution in [0.5, 0.6) is 17.2 Å². The zero-order valence-corrected chi connectivity index (χ0v) is 10.6. The lowest BCUT2D eigenvalue weighted by Crippen LogP contribution is -2.12. The molecule has 0 amide bonds. The molecule has 1 aromatic rings. The average Bonchev–Trinajstić information content (AvgIpc) is 2.37. The van der Waals surface area contributed by atoms with E-state index in [-0.39, 0.29) is 0 Å². The number of hydrogen-bond donors (Lipinski definition) is 1. The number of benzene rings is 1. The van der Waals surface area contributed by atoms with Gasteiger partial charge in [0.1, 0.15) is 0 Å². The van der Waals surface area contributed by atoms with Crippen LogP contribution in [-0.4, -0.2) is 27.9 Å². The van der Waals surface area contributed by atoms with E-state index in [2.05, 4.69) is 11.9 Å². The summed E-state index contributed by atoms with van der Waals surface area (Å²) >= 11 is 0. The van der Waals surface area contributed by atoms with E-state index in [0.717, 1.165) is 18.7 Å². The Balaban J connectivity index is 2.96. The molecule has 1 N–H and O–H groups in total. The summed E-state index contributed by atoms with van der Waals surface area (Å²) in [4.78, 5) is 0. The Kier molecular flexibility index (Phi) is 5.36. The number of ether oxygens (including phenoxy) is 3. The molecule has 0 aromatic heterocycles. The monoisotopic (exact) mass is 237 g/mol. The molecular formula is C13H19NO3. The van der Waals surface area contributed by atoms with E-state index in [9.17, 15) is 0 Å². The van der Waals surface area contributed by atoms with E-state index in [1.54, 1.807) is 21.3 Å². The Labute approximate surface area is 102 Å². The number of methoxy groups -OCH3 is 3. The third-order valence-electron chi connectivity index (χ3n) is 2.34. The highest BCUT2D eigenvalue weighted by atomic mass is 16.5. The standard InChI is InChI=1S/C13H19NO3/c1-5-6-14-9-10-7-11(15-2)13(17-4)12(8-10)16-3/h5,7-8,14H,1,6,9H2,2-4H3. The Hall–Kier alpha value is -1.68. The first-order chi connectivity index (χ1) is 8.26. The molecule has 4 heteroatoms. The molecule has 0 atom stereocenters. The zero-order valence-electron chi connectivity index (χ0n) is 10.6. The van der Waals surface area contributed by atoms with Crippen LogP contribution in [-0.2, 0) is 6.54 Å². The Morgan fingerprint density at radius 3 is 2.12 bits per heavy atom. The summed E-state index contributed by atoms with van der Waals surface area (Å²) in [6.07, 6.45) is 1.82. The highest BCUT2D eigenvalue weighted by molar-refractivity contribution is 5.53. The van der Waals surface area contributed by atoms with Crippen molar-refractivity contribution in [3.63, 3.8) is 0 Å². The number of hydrogen-bond acceptors (Lipinski definition) is 4. The first-order valence-electron chi connectivity index (χ1n) is 5.37. The SMILES string of the molecule is C=CCNCc1cc(OC)c(OC)c(OC)c1. The van der Waals surface area contributed by atoms with Crippen molar-refractivity contribution in [1.29, 1.82) is 0 Å². The highest BCUT2D eigenvalue weighted by Crippen LogP contribution is 2.38. The summed E-state index contributed by atoms with van der Waals surface area (Å²) < 4.78 is 15.8. The molecule has 0 heterocycles. The summed E-state index contributed by atoms with van der Waals surface area (Å²) in [7, 11) is 4.81. The summed E-state index contributed by atoms with van der Waals surface area (Å²) in [5.41, 5.74) is 1.07. The van der Waals surface area contributed by atoms with E-state index in [1.807, 2.05) is 18.2 Å². The van der Waals surface area contributed by atoms with Gasteiger partial charge in [-0.05, 0) is 17.7 Å².